The van der Waals surface area contributed by atoms with Gasteiger partial charge < -0.3 is 5.32 Å². The Balaban J connectivity index is 1.58. The molecule has 5 nitrogen and oxygen atoms in total. The summed E-state index contributed by atoms with van der Waals surface area (Å²) in [6, 6.07) is 15.5. The summed E-state index contributed by atoms with van der Waals surface area (Å²) in [4.78, 5) is 16.4. The van der Waals surface area contributed by atoms with Crippen molar-refractivity contribution >= 4 is 39.3 Å². The predicted molar refractivity (Wildman–Crippen MR) is 100 cm³/mol. The second kappa shape index (κ2) is 7.63. The molecule has 1 aromatic heterocycles. The van der Waals surface area contributed by atoms with Gasteiger partial charge in [-0.1, -0.05) is 53.7 Å². The monoisotopic (exact) mass is 402 g/mol. The van der Waals surface area contributed by atoms with E-state index in [4.69, 9.17) is 0 Å². The van der Waals surface area contributed by atoms with Gasteiger partial charge in [0, 0.05) is 10.0 Å². The quantitative estimate of drug-likeness (QED) is 0.624. The summed E-state index contributed by atoms with van der Waals surface area (Å²) in [7, 11) is 0. The van der Waals surface area contributed by atoms with Crippen LogP contribution in [0.3, 0.4) is 0 Å². The molecule has 0 aliphatic heterocycles. The summed E-state index contributed by atoms with van der Waals surface area (Å²) in [6.07, 6.45) is 0. The van der Waals surface area contributed by atoms with E-state index >= 15 is 0 Å². The molecule has 1 heterocycles. The van der Waals surface area contributed by atoms with Crippen molar-refractivity contribution in [1.82, 2.24) is 15.2 Å². The molecule has 0 aliphatic carbocycles. The lowest BCUT2D eigenvalue weighted by Gasteiger charge is -2.05. The lowest BCUT2D eigenvalue weighted by Crippen LogP contribution is -2.14. The number of hydrogen-bond acceptors (Lipinski definition) is 4. The van der Waals surface area contributed by atoms with Crippen molar-refractivity contribution in [2.75, 3.05) is 11.1 Å². The van der Waals surface area contributed by atoms with Crippen LogP contribution < -0.4 is 5.32 Å². The fourth-order valence-electron chi connectivity index (χ4n) is 2.03. The number of carbonyl (C=O) groups excluding carboxylic acids is 1. The highest BCUT2D eigenvalue weighted by Gasteiger charge is 2.10. The van der Waals surface area contributed by atoms with E-state index in [1.54, 1.807) is 0 Å². The zero-order chi connectivity index (χ0) is 16.9. The first-order valence-corrected chi connectivity index (χ1v) is 9.06. The highest BCUT2D eigenvalue weighted by molar-refractivity contribution is 9.10. The van der Waals surface area contributed by atoms with Crippen LogP contribution >= 0.6 is 27.7 Å². The van der Waals surface area contributed by atoms with Crippen LogP contribution in [0.4, 0.5) is 5.69 Å². The topological polar surface area (TPSA) is 70.7 Å². The maximum atomic E-state index is 12.0. The van der Waals surface area contributed by atoms with E-state index in [1.165, 1.54) is 17.3 Å². The normalized spacial score (nSPS) is 10.6. The van der Waals surface area contributed by atoms with Gasteiger partial charge in [0.2, 0.25) is 11.1 Å². The van der Waals surface area contributed by atoms with Crippen molar-refractivity contribution < 1.29 is 4.79 Å². The molecule has 0 saturated heterocycles. The number of benzene rings is 2. The molecule has 0 saturated carbocycles. The summed E-state index contributed by atoms with van der Waals surface area (Å²) in [5.74, 6) is 0.837. The second-order valence-electron chi connectivity index (χ2n) is 5.15. The number of aromatic nitrogens is 3. The van der Waals surface area contributed by atoms with Crippen molar-refractivity contribution in [3.05, 3.63) is 58.6 Å². The molecule has 0 bridgehead atoms. The minimum atomic E-state index is -0.103. The minimum absolute atomic E-state index is 0.103. The van der Waals surface area contributed by atoms with Gasteiger partial charge in [-0.25, -0.2) is 4.98 Å². The lowest BCUT2D eigenvalue weighted by atomic mass is 10.1. The van der Waals surface area contributed by atoms with Crippen molar-refractivity contribution in [3.8, 4) is 11.4 Å². The Morgan fingerprint density at radius 3 is 2.71 bits per heavy atom. The standard InChI is InChI=1S/C17H15BrN4OS/c1-11-6-8-12(9-7-11)16-20-17(22-21-16)24-10-15(23)19-14-5-3-2-4-13(14)18/h2-9H,10H2,1H3,(H,19,23)(H,20,21,22). The van der Waals surface area contributed by atoms with Gasteiger partial charge in [-0.05, 0) is 35.0 Å². The van der Waals surface area contributed by atoms with Crippen LogP contribution in [0.1, 0.15) is 5.56 Å². The van der Waals surface area contributed by atoms with Crippen molar-refractivity contribution in [3.63, 3.8) is 0 Å². The van der Waals surface area contributed by atoms with Gasteiger partial charge in [0.25, 0.3) is 0 Å². The summed E-state index contributed by atoms with van der Waals surface area (Å²) in [5, 5.41) is 10.5. The number of nitrogens with one attached hydrogen (secondary N) is 2. The Morgan fingerprint density at radius 2 is 1.96 bits per heavy atom. The number of anilines is 1. The largest absolute Gasteiger partial charge is 0.324 e. The number of aryl methyl sites for hydroxylation is 1. The van der Waals surface area contributed by atoms with Crippen LogP contribution in [0.5, 0.6) is 0 Å². The zero-order valence-corrected chi connectivity index (χ0v) is 15.3. The van der Waals surface area contributed by atoms with Crippen LogP contribution in [0.15, 0.2) is 58.2 Å². The third-order valence-corrected chi connectivity index (χ3v) is 4.81. The number of rotatable bonds is 5. The number of halogens is 1. The number of para-hydroxylation sites is 1. The molecule has 122 valence electrons. The highest BCUT2D eigenvalue weighted by atomic mass is 79.9. The molecule has 1 amide bonds. The SMILES string of the molecule is Cc1ccc(-c2nc(SCC(=O)Nc3ccccc3Br)n[nH]2)cc1. The van der Waals surface area contributed by atoms with Gasteiger partial charge in [0.1, 0.15) is 0 Å². The van der Waals surface area contributed by atoms with Gasteiger partial charge >= 0.3 is 0 Å². The highest BCUT2D eigenvalue weighted by Crippen LogP contribution is 2.23. The molecule has 0 unspecified atom stereocenters. The molecule has 3 rings (SSSR count). The molecule has 2 aromatic carbocycles. The minimum Gasteiger partial charge on any atom is -0.324 e. The number of thioether (sulfide) groups is 1. The maximum absolute atomic E-state index is 12.0. The molecule has 2 N–H and O–H groups in total. The molecule has 0 fully saturated rings. The Labute approximate surface area is 152 Å². The summed E-state index contributed by atoms with van der Waals surface area (Å²) in [6.45, 7) is 2.04. The maximum Gasteiger partial charge on any atom is 0.234 e. The predicted octanol–water partition coefficient (Wildman–Crippen LogP) is 4.27. The van der Waals surface area contributed by atoms with E-state index in [-0.39, 0.29) is 11.7 Å². The molecule has 0 radical (unpaired) electrons. The Bertz CT molecular complexity index is 848. The third-order valence-electron chi connectivity index (χ3n) is 3.27. The Kier molecular flexibility index (Phi) is 5.32. The average Bonchev–Trinajstić information content (AvgIpc) is 3.05. The molecule has 0 spiro atoms. The first kappa shape index (κ1) is 16.7. The molecule has 7 heteroatoms. The average molecular weight is 403 g/mol. The second-order valence-corrected chi connectivity index (χ2v) is 6.95. The summed E-state index contributed by atoms with van der Waals surface area (Å²) in [5.41, 5.74) is 2.91. The van der Waals surface area contributed by atoms with Crippen LogP contribution in [-0.4, -0.2) is 26.8 Å². The van der Waals surface area contributed by atoms with Crippen molar-refractivity contribution in [1.29, 1.82) is 0 Å². The summed E-state index contributed by atoms with van der Waals surface area (Å²) >= 11 is 4.70. The van der Waals surface area contributed by atoms with Gasteiger partial charge in [-0.2, -0.15) is 0 Å². The van der Waals surface area contributed by atoms with Crippen molar-refractivity contribution in [2.24, 2.45) is 0 Å². The fourth-order valence-corrected chi connectivity index (χ4v) is 3.01. The first-order chi connectivity index (χ1) is 11.6. The van der Waals surface area contributed by atoms with Crippen LogP contribution in [0.2, 0.25) is 0 Å². The van der Waals surface area contributed by atoms with E-state index < -0.39 is 0 Å². The van der Waals surface area contributed by atoms with Gasteiger partial charge in [0.05, 0.1) is 11.4 Å². The molecular formula is C17H15BrN4OS. The van der Waals surface area contributed by atoms with Crippen molar-refractivity contribution in [2.45, 2.75) is 12.1 Å². The Hall–Kier alpha value is -2.12. The number of aromatic amines is 1. The lowest BCUT2D eigenvalue weighted by molar-refractivity contribution is -0.113. The van der Waals surface area contributed by atoms with E-state index in [1.807, 2.05) is 55.5 Å². The van der Waals surface area contributed by atoms with E-state index in [9.17, 15) is 4.79 Å². The molecular weight excluding hydrogens is 388 g/mol. The first-order valence-electron chi connectivity index (χ1n) is 7.28. The Morgan fingerprint density at radius 1 is 1.21 bits per heavy atom. The molecule has 3 aromatic rings. The number of carbonyl (C=O) groups is 1. The van der Waals surface area contributed by atoms with Gasteiger partial charge in [-0.3, -0.25) is 9.89 Å². The zero-order valence-electron chi connectivity index (χ0n) is 12.9. The van der Waals surface area contributed by atoms with Gasteiger partial charge in [0.15, 0.2) is 5.82 Å². The van der Waals surface area contributed by atoms with E-state index in [0.717, 1.165) is 15.7 Å². The molecule has 0 atom stereocenters. The van der Waals surface area contributed by atoms with Gasteiger partial charge in [-0.15, -0.1) is 5.10 Å². The third kappa shape index (κ3) is 4.24. The van der Waals surface area contributed by atoms with E-state index in [0.29, 0.717) is 11.0 Å². The fraction of sp³-hybridized carbons (Fsp3) is 0.118. The smallest absolute Gasteiger partial charge is 0.234 e. The van der Waals surface area contributed by atoms with Crippen LogP contribution in [-0.2, 0) is 4.79 Å². The number of H-pyrrole nitrogens is 1. The number of hydrogen-bond donors (Lipinski definition) is 2. The molecule has 24 heavy (non-hydrogen) atoms. The van der Waals surface area contributed by atoms with Crippen LogP contribution in [0.25, 0.3) is 11.4 Å². The summed E-state index contributed by atoms with van der Waals surface area (Å²) < 4.78 is 0.850. The number of nitrogens with zero attached hydrogens (tertiary/aromatic N) is 2. The van der Waals surface area contributed by atoms with Crippen LogP contribution in [0, 0.1) is 6.92 Å². The van der Waals surface area contributed by atoms with E-state index in [2.05, 4.69) is 36.4 Å². The number of amides is 1. The molecule has 0 aliphatic rings.